The molecule has 2 atom stereocenters. The number of hydrogen-bond acceptors (Lipinski definition) is 4. The van der Waals surface area contributed by atoms with Crippen molar-refractivity contribution in [1.29, 1.82) is 0 Å². The van der Waals surface area contributed by atoms with Gasteiger partial charge >= 0.3 is 5.97 Å². The normalized spacial score (nSPS) is 32.1. The number of nitrogens with one attached hydrogen (secondary N) is 1. The van der Waals surface area contributed by atoms with Crippen LogP contribution in [0.15, 0.2) is 46.0 Å². The number of fused-ring (bicyclic) bond motifs is 6. The summed E-state index contributed by atoms with van der Waals surface area (Å²) in [5.74, 6) is -0.855. The first-order valence-corrected chi connectivity index (χ1v) is 8.01. The largest absolute Gasteiger partial charge is 0.477 e. The summed E-state index contributed by atoms with van der Waals surface area (Å²) in [7, 11) is 0. The van der Waals surface area contributed by atoms with E-state index in [4.69, 9.17) is 4.74 Å². The van der Waals surface area contributed by atoms with Crippen LogP contribution in [0.3, 0.4) is 0 Å². The van der Waals surface area contributed by atoms with E-state index in [9.17, 15) is 9.90 Å². The maximum atomic E-state index is 11.7. The zero-order chi connectivity index (χ0) is 14.8. The van der Waals surface area contributed by atoms with E-state index in [0.717, 1.165) is 43.6 Å². The van der Waals surface area contributed by atoms with Crippen LogP contribution in [0.1, 0.15) is 25.7 Å². The fourth-order valence-electron chi connectivity index (χ4n) is 4.54. The molecule has 0 aromatic carbocycles. The summed E-state index contributed by atoms with van der Waals surface area (Å²) in [6.45, 7) is 1.53. The molecule has 2 fully saturated rings. The number of carboxylic acids is 1. The van der Waals surface area contributed by atoms with Gasteiger partial charge in [-0.05, 0) is 48.5 Å². The van der Waals surface area contributed by atoms with Crippen LogP contribution in [0.4, 0.5) is 0 Å². The second-order valence-corrected chi connectivity index (χ2v) is 6.55. The predicted molar refractivity (Wildman–Crippen MR) is 79.7 cm³/mol. The topological polar surface area (TPSA) is 61.8 Å². The van der Waals surface area contributed by atoms with Crippen molar-refractivity contribution in [1.82, 2.24) is 10.2 Å². The third kappa shape index (κ3) is 1.49. The first kappa shape index (κ1) is 12.5. The summed E-state index contributed by atoms with van der Waals surface area (Å²) in [5, 5.41) is 13.1. The van der Waals surface area contributed by atoms with E-state index in [0.29, 0.717) is 12.2 Å². The average molecular weight is 298 g/mol. The predicted octanol–water partition coefficient (Wildman–Crippen LogP) is 1.66. The third-order valence-electron chi connectivity index (χ3n) is 5.39. The highest BCUT2D eigenvalue weighted by molar-refractivity contribution is 5.91. The zero-order valence-electron chi connectivity index (χ0n) is 12.3. The molecule has 0 amide bonds. The zero-order valence-corrected chi connectivity index (χ0v) is 12.3. The minimum Gasteiger partial charge on any atom is -0.477 e. The van der Waals surface area contributed by atoms with Crippen LogP contribution in [0.5, 0.6) is 0 Å². The van der Waals surface area contributed by atoms with Crippen molar-refractivity contribution in [2.75, 3.05) is 13.2 Å². The molecule has 5 nitrogen and oxygen atoms in total. The summed E-state index contributed by atoms with van der Waals surface area (Å²) >= 11 is 0. The lowest BCUT2D eigenvalue weighted by molar-refractivity contribution is -0.134. The first-order chi connectivity index (χ1) is 10.7. The number of nitrogens with zero attached hydrogens (tertiary/aromatic N) is 1. The molecule has 0 spiro atoms. The summed E-state index contributed by atoms with van der Waals surface area (Å²) < 4.78 is 5.95. The van der Waals surface area contributed by atoms with E-state index in [1.165, 1.54) is 16.7 Å². The lowest BCUT2D eigenvalue weighted by atomic mass is 9.79. The minimum absolute atomic E-state index is 0.242. The lowest BCUT2D eigenvalue weighted by Gasteiger charge is -2.34. The van der Waals surface area contributed by atoms with Crippen LogP contribution in [0.2, 0.25) is 0 Å². The lowest BCUT2D eigenvalue weighted by Crippen LogP contribution is -2.34. The van der Waals surface area contributed by atoms with Crippen molar-refractivity contribution in [3.8, 4) is 0 Å². The van der Waals surface area contributed by atoms with Gasteiger partial charge in [0.2, 0.25) is 0 Å². The van der Waals surface area contributed by atoms with Gasteiger partial charge in [0, 0.05) is 24.9 Å². The Morgan fingerprint density at radius 2 is 2.32 bits per heavy atom. The molecule has 2 bridgehead atoms. The van der Waals surface area contributed by atoms with Gasteiger partial charge in [-0.25, -0.2) is 4.79 Å². The molecule has 4 heterocycles. The SMILES string of the molecule is O=C(O)C1=C2NC3CCC4OCCCC4=C3C2=C2C=CN1C2. The van der Waals surface area contributed by atoms with E-state index < -0.39 is 5.97 Å². The number of carbonyl (C=O) groups is 1. The molecule has 0 aromatic rings. The van der Waals surface area contributed by atoms with Crippen LogP contribution >= 0.6 is 0 Å². The molecule has 0 saturated carbocycles. The highest BCUT2D eigenvalue weighted by atomic mass is 16.5. The number of ether oxygens (including phenoxy) is 1. The molecule has 114 valence electrons. The van der Waals surface area contributed by atoms with Gasteiger partial charge in [0.15, 0.2) is 5.70 Å². The summed E-state index contributed by atoms with van der Waals surface area (Å²) in [5.41, 5.74) is 6.35. The van der Waals surface area contributed by atoms with Gasteiger partial charge in [-0.1, -0.05) is 0 Å². The molecule has 2 N–H and O–H groups in total. The molecule has 0 radical (unpaired) electrons. The maximum absolute atomic E-state index is 11.7. The van der Waals surface area contributed by atoms with Gasteiger partial charge in [0.25, 0.3) is 0 Å². The highest BCUT2D eigenvalue weighted by Gasteiger charge is 2.45. The fraction of sp³-hybridized carbons (Fsp3) is 0.471. The van der Waals surface area contributed by atoms with Crippen molar-refractivity contribution >= 4 is 5.97 Å². The molecule has 0 aromatic heterocycles. The fourth-order valence-corrected chi connectivity index (χ4v) is 4.54. The van der Waals surface area contributed by atoms with Gasteiger partial charge in [-0.15, -0.1) is 0 Å². The molecule has 4 aliphatic heterocycles. The number of aliphatic carboxylic acids is 1. The van der Waals surface area contributed by atoms with E-state index in [2.05, 4.69) is 11.4 Å². The van der Waals surface area contributed by atoms with Gasteiger partial charge in [0.05, 0.1) is 17.8 Å². The summed E-state index contributed by atoms with van der Waals surface area (Å²) in [4.78, 5) is 13.6. The second kappa shape index (κ2) is 4.26. The first-order valence-electron chi connectivity index (χ1n) is 8.01. The third-order valence-corrected chi connectivity index (χ3v) is 5.39. The molecular formula is C17H18N2O3. The summed E-state index contributed by atoms with van der Waals surface area (Å²) in [6, 6.07) is 0.258. The van der Waals surface area contributed by atoms with Crippen LogP contribution < -0.4 is 5.32 Å². The summed E-state index contributed by atoms with van der Waals surface area (Å²) in [6.07, 6.45) is 8.39. The quantitative estimate of drug-likeness (QED) is 0.771. The van der Waals surface area contributed by atoms with Crippen molar-refractivity contribution in [2.24, 2.45) is 0 Å². The highest BCUT2D eigenvalue weighted by Crippen LogP contribution is 2.47. The van der Waals surface area contributed by atoms with Gasteiger partial charge in [-0.3, -0.25) is 0 Å². The van der Waals surface area contributed by atoms with Crippen molar-refractivity contribution in [3.05, 3.63) is 46.0 Å². The van der Waals surface area contributed by atoms with E-state index >= 15 is 0 Å². The monoisotopic (exact) mass is 298 g/mol. The van der Waals surface area contributed by atoms with Crippen molar-refractivity contribution < 1.29 is 14.6 Å². The Labute approximate surface area is 128 Å². The van der Waals surface area contributed by atoms with E-state index in [-0.39, 0.29) is 12.1 Å². The standard InChI is InChI=1S/C17H18N2O3/c20-17(21)16-15-13(9-5-6-19(16)8-9)14-10-2-1-7-22-12(10)4-3-11(14)18-15/h5-6,11-12,18H,1-4,7-8H2,(H,20,21). The Kier molecular flexibility index (Phi) is 2.42. The molecule has 5 rings (SSSR count). The molecular weight excluding hydrogens is 280 g/mol. The Morgan fingerprint density at radius 3 is 3.18 bits per heavy atom. The van der Waals surface area contributed by atoms with Gasteiger partial charge in [-0.2, -0.15) is 0 Å². The van der Waals surface area contributed by atoms with Crippen molar-refractivity contribution in [2.45, 2.75) is 37.8 Å². The van der Waals surface area contributed by atoms with Gasteiger partial charge < -0.3 is 20.1 Å². The molecule has 2 saturated heterocycles. The van der Waals surface area contributed by atoms with E-state index in [1.807, 2.05) is 11.1 Å². The Balaban J connectivity index is 1.75. The number of allylic oxidation sites excluding steroid dienone is 1. The minimum atomic E-state index is -0.855. The maximum Gasteiger partial charge on any atom is 0.354 e. The van der Waals surface area contributed by atoms with Crippen LogP contribution in [0, 0.1) is 0 Å². The average Bonchev–Trinajstić information content (AvgIpc) is 3.10. The molecule has 1 aliphatic carbocycles. The Hall–Kier alpha value is -2.01. The smallest absolute Gasteiger partial charge is 0.354 e. The number of rotatable bonds is 1. The molecule has 2 unspecified atom stereocenters. The van der Waals surface area contributed by atoms with Crippen LogP contribution in [-0.2, 0) is 9.53 Å². The number of carboxylic acid groups (broad SMARTS) is 1. The Morgan fingerprint density at radius 1 is 1.41 bits per heavy atom. The van der Waals surface area contributed by atoms with Crippen molar-refractivity contribution in [3.63, 3.8) is 0 Å². The molecule has 5 heteroatoms. The van der Waals surface area contributed by atoms with E-state index in [1.54, 1.807) is 0 Å². The van der Waals surface area contributed by atoms with Crippen LogP contribution in [-0.4, -0.2) is 41.3 Å². The molecule has 5 aliphatic rings. The Bertz CT molecular complexity index is 713. The second-order valence-electron chi connectivity index (χ2n) is 6.55. The molecule has 22 heavy (non-hydrogen) atoms. The van der Waals surface area contributed by atoms with Crippen LogP contribution in [0.25, 0.3) is 0 Å². The number of hydrogen-bond donors (Lipinski definition) is 2. The van der Waals surface area contributed by atoms with Gasteiger partial charge in [0.1, 0.15) is 0 Å².